The molecule has 0 unspecified atom stereocenters. The Bertz CT molecular complexity index is 402. The molecule has 0 heterocycles. The van der Waals surface area contributed by atoms with E-state index in [2.05, 4.69) is 0 Å². The molecular weight excluding hydrogens is 230 g/mol. The smallest absolute Gasteiger partial charge is 0.217 e. The van der Waals surface area contributed by atoms with E-state index in [1.807, 2.05) is 25.1 Å². The van der Waals surface area contributed by atoms with Gasteiger partial charge in [0.15, 0.2) is 0 Å². The van der Waals surface area contributed by atoms with Crippen LogP contribution < -0.4 is 10.5 Å². The summed E-state index contributed by atoms with van der Waals surface area (Å²) in [5.74, 6) is 0.421. The van der Waals surface area contributed by atoms with Crippen molar-refractivity contribution in [3.63, 3.8) is 0 Å². The van der Waals surface area contributed by atoms with Gasteiger partial charge in [-0.05, 0) is 38.8 Å². The van der Waals surface area contributed by atoms with E-state index >= 15 is 0 Å². The summed E-state index contributed by atoms with van der Waals surface area (Å²) >= 11 is 0. The second-order valence-electron chi connectivity index (χ2n) is 4.49. The molecule has 0 saturated carbocycles. The van der Waals surface area contributed by atoms with Crippen LogP contribution in [0.2, 0.25) is 0 Å². The van der Waals surface area contributed by atoms with Crippen LogP contribution in [0.3, 0.4) is 0 Å². The zero-order chi connectivity index (χ0) is 13.5. The van der Waals surface area contributed by atoms with E-state index in [1.54, 1.807) is 6.92 Å². The monoisotopic (exact) mass is 251 g/mol. The lowest BCUT2D eigenvalue weighted by molar-refractivity contribution is -0.118. The third kappa shape index (κ3) is 4.75. The summed E-state index contributed by atoms with van der Waals surface area (Å²) in [7, 11) is 0. The molecule has 0 fully saturated rings. The number of rotatable bonds is 7. The van der Waals surface area contributed by atoms with Gasteiger partial charge in [0.2, 0.25) is 5.91 Å². The first kappa shape index (κ1) is 14.5. The average molecular weight is 251 g/mol. The van der Waals surface area contributed by atoms with Crippen LogP contribution >= 0.6 is 0 Å². The topological polar surface area (TPSA) is 72.5 Å². The predicted octanol–water partition coefficient (Wildman–Crippen LogP) is 2.08. The second kappa shape index (κ2) is 7.01. The fourth-order valence-corrected chi connectivity index (χ4v) is 1.71. The first-order valence-corrected chi connectivity index (χ1v) is 6.20. The largest absolute Gasteiger partial charge is 0.493 e. The lowest BCUT2D eigenvalue weighted by Gasteiger charge is -2.14. The predicted molar refractivity (Wildman–Crippen MR) is 70.4 cm³/mol. The van der Waals surface area contributed by atoms with Gasteiger partial charge in [-0.3, -0.25) is 4.79 Å². The molecule has 0 aliphatic rings. The number of carbonyl (C=O) groups is 1. The van der Waals surface area contributed by atoms with Gasteiger partial charge in [-0.25, -0.2) is 0 Å². The van der Waals surface area contributed by atoms with Gasteiger partial charge in [-0.2, -0.15) is 0 Å². The highest BCUT2D eigenvalue weighted by Gasteiger charge is 2.09. The average Bonchev–Trinajstić information content (AvgIpc) is 2.29. The van der Waals surface area contributed by atoms with Gasteiger partial charge in [-0.1, -0.05) is 11.6 Å². The molecule has 0 aliphatic heterocycles. The molecule has 1 aromatic carbocycles. The van der Waals surface area contributed by atoms with Crippen molar-refractivity contribution >= 4 is 5.91 Å². The van der Waals surface area contributed by atoms with Crippen LogP contribution in [0.15, 0.2) is 18.2 Å². The van der Waals surface area contributed by atoms with E-state index in [-0.39, 0.29) is 5.91 Å². The van der Waals surface area contributed by atoms with Crippen LogP contribution in [-0.4, -0.2) is 17.6 Å². The number of aliphatic hydroxyl groups excluding tert-OH is 1. The van der Waals surface area contributed by atoms with Crippen molar-refractivity contribution in [3.8, 4) is 5.75 Å². The summed E-state index contributed by atoms with van der Waals surface area (Å²) in [5, 5.41) is 9.66. The molecule has 1 rings (SSSR count). The Morgan fingerprint density at radius 3 is 2.78 bits per heavy atom. The Kier molecular flexibility index (Phi) is 5.65. The SMILES string of the molecule is Cc1ccc(OCCCCC(N)=O)c([C@@H](C)O)c1. The molecule has 0 bridgehead atoms. The highest BCUT2D eigenvalue weighted by molar-refractivity contribution is 5.73. The minimum absolute atomic E-state index is 0.282. The third-order valence-corrected chi connectivity index (χ3v) is 2.69. The Balaban J connectivity index is 2.49. The Morgan fingerprint density at radius 1 is 1.44 bits per heavy atom. The summed E-state index contributed by atoms with van der Waals surface area (Å²) in [5.41, 5.74) is 6.94. The molecule has 100 valence electrons. The molecule has 4 nitrogen and oxygen atoms in total. The Labute approximate surface area is 108 Å². The molecule has 3 N–H and O–H groups in total. The lowest BCUT2D eigenvalue weighted by Crippen LogP contribution is -2.10. The molecule has 0 saturated heterocycles. The van der Waals surface area contributed by atoms with E-state index < -0.39 is 6.10 Å². The number of hydrogen-bond donors (Lipinski definition) is 2. The zero-order valence-corrected chi connectivity index (χ0v) is 11.0. The third-order valence-electron chi connectivity index (χ3n) is 2.69. The maximum atomic E-state index is 10.6. The number of carbonyl (C=O) groups excluding carboxylic acids is 1. The quantitative estimate of drug-likeness (QED) is 0.729. The number of unbranched alkanes of at least 4 members (excludes halogenated alkanes) is 1. The molecule has 4 heteroatoms. The first-order chi connectivity index (χ1) is 8.50. The van der Waals surface area contributed by atoms with Crippen molar-refractivity contribution in [1.82, 2.24) is 0 Å². The van der Waals surface area contributed by atoms with E-state index in [0.29, 0.717) is 18.8 Å². The van der Waals surface area contributed by atoms with Gasteiger partial charge in [0.25, 0.3) is 0 Å². The van der Waals surface area contributed by atoms with Crippen molar-refractivity contribution in [2.45, 2.75) is 39.2 Å². The van der Waals surface area contributed by atoms with Crippen LogP contribution in [0.25, 0.3) is 0 Å². The Morgan fingerprint density at radius 2 is 2.17 bits per heavy atom. The van der Waals surface area contributed by atoms with Crippen LogP contribution in [0, 0.1) is 6.92 Å². The van der Waals surface area contributed by atoms with Gasteiger partial charge in [0.05, 0.1) is 12.7 Å². The molecule has 0 spiro atoms. The van der Waals surface area contributed by atoms with Crippen molar-refractivity contribution in [3.05, 3.63) is 29.3 Å². The summed E-state index contributed by atoms with van der Waals surface area (Å²) in [4.78, 5) is 10.6. The number of nitrogens with two attached hydrogens (primary N) is 1. The maximum Gasteiger partial charge on any atom is 0.217 e. The summed E-state index contributed by atoms with van der Waals surface area (Å²) in [6.07, 6.45) is 1.34. The van der Waals surface area contributed by atoms with E-state index in [0.717, 1.165) is 24.0 Å². The minimum Gasteiger partial charge on any atom is -0.493 e. The molecule has 0 radical (unpaired) electrons. The Hall–Kier alpha value is -1.55. The summed E-state index contributed by atoms with van der Waals surface area (Å²) in [6.45, 7) is 4.22. The molecular formula is C14H21NO3. The normalized spacial score (nSPS) is 12.2. The van der Waals surface area contributed by atoms with Crippen molar-refractivity contribution < 1.29 is 14.6 Å². The van der Waals surface area contributed by atoms with Gasteiger partial charge in [0.1, 0.15) is 5.75 Å². The van der Waals surface area contributed by atoms with Gasteiger partial charge < -0.3 is 15.6 Å². The molecule has 1 atom stereocenters. The maximum absolute atomic E-state index is 10.6. The van der Waals surface area contributed by atoms with Crippen molar-refractivity contribution in [2.75, 3.05) is 6.61 Å². The number of primary amides is 1. The van der Waals surface area contributed by atoms with Gasteiger partial charge in [-0.15, -0.1) is 0 Å². The van der Waals surface area contributed by atoms with Crippen molar-refractivity contribution in [2.24, 2.45) is 5.73 Å². The zero-order valence-electron chi connectivity index (χ0n) is 11.0. The highest BCUT2D eigenvalue weighted by Crippen LogP contribution is 2.26. The van der Waals surface area contributed by atoms with E-state index in [4.69, 9.17) is 10.5 Å². The fourth-order valence-electron chi connectivity index (χ4n) is 1.71. The lowest BCUT2D eigenvalue weighted by atomic mass is 10.1. The fraction of sp³-hybridized carbons (Fsp3) is 0.500. The number of ether oxygens (including phenoxy) is 1. The molecule has 18 heavy (non-hydrogen) atoms. The second-order valence-corrected chi connectivity index (χ2v) is 4.49. The van der Waals surface area contributed by atoms with Crippen LogP contribution in [0.4, 0.5) is 0 Å². The first-order valence-electron chi connectivity index (χ1n) is 6.20. The van der Waals surface area contributed by atoms with E-state index in [1.165, 1.54) is 0 Å². The van der Waals surface area contributed by atoms with Crippen LogP contribution in [0.1, 0.15) is 43.4 Å². The molecule has 0 aromatic heterocycles. The van der Waals surface area contributed by atoms with Gasteiger partial charge in [0, 0.05) is 12.0 Å². The molecule has 1 amide bonds. The number of aryl methyl sites for hydroxylation is 1. The number of hydrogen-bond acceptors (Lipinski definition) is 3. The molecule has 1 aromatic rings. The molecule has 0 aliphatic carbocycles. The minimum atomic E-state index is -0.550. The van der Waals surface area contributed by atoms with Crippen LogP contribution in [-0.2, 0) is 4.79 Å². The number of amides is 1. The summed E-state index contributed by atoms with van der Waals surface area (Å²) < 4.78 is 5.62. The highest BCUT2D eigenvalue weighted by atomic mass is 16.5. The number of aliphatic hydroxyl groups is 1. The van der Waals surface area contributed by atoms with Gasteiger partial charge >= 0.3 is 0 Å². The number of benzene rings is 1. The van der Waals surface area contributed by atoms with Crippen molar-refractivity contribution in [1.29, 1.82) is 0 Å². The summed E-state index contributed by atoms with van der Waals surface area (Å²) in [6, 6.07) is 5.74. The van der Waals surface area contributed by atoms with Crippen LogP contribution in [0.5, 0.6) is 5.75 Å². The standard InChI is InChI=1S/C14H21NO3/c1-10-6-7-13(12(9-10)11(2)16)18-8-4-3-5-14(15)17/h6-7,9,11,16H,3-5,8H2,1-2H3,(H2,15,17)/t11-/m1/s1. The van der Waals surface area contributed by atoms with E-state index in [9.17, 15) is 9.90 Å².